The minimum atomic E-state index is 0.455. The van der Waals surface area contributed by atoms with Crippen molar-refractivity contribution in [3.8, 4) is 0 Å². The van der Waals surface area contributed by atoms with E-state index in [4.69, 9.17) is 10.5 Å². The Balaban J connectivity index is 1.87. The fourth-order valence-corrected chi connectivity index (χ4v) is 2.12. The highest BCUT2D eigenvalue weighted by atomic mass is 16.5. The molecule has 16 heavy (non-hydrogen) atoms. The molecule has 0 amide bonds. The Morgan fingerprint density at radius 3 is 2.81 bits per heavy atom. The molecule has 1 fully saturated rings. The van der Waals surface area contributed by atoms with Crippen molar-refractivity contribution in [3.05, 3.63) is 23.8 Å². The lowest BCUT2D eigenvalue weighted by Gasteiger charge is -2.36. The van der Waals surface area contributed by atoms with Crippen molar-refractivity contribution in [2.45, 2.75) is 38.8 Å². The third-order valence-electron chi connectivity index (χ3n) is 3.11. The lowest BCUT2D eigenvalue weighted by atomic mass is 9.89. The molecule has 0 spiro atoms. The first-order valence-electron chi connectivity index (χ1n) is 5.93. The van der Waals surface area contributed by atoms with E-state index in [9.17, 15) is 0 Å². The first kappa shape index (κ1) is 11.3. The van der Waals surface area contributed by atoms with Crippen molar-refractivity contribution in [2.24, 2.45) is 0 Å². The topological polar surface area (TPSA) is 47.3 Å². The van der Waals surface area contributed by atoms with Crippen LogP contribution < -0.4 is 11.1 Å². The summed E-state index contributed by atoms with van der Waals surface area (Å²) in [5, 5.41) is 3.53. The molecule has 1 aliphatic carbocycles. The third kappa shape index (κ3) is 2.47. The van der Waals surface area contributed by atoms with Gasteiger partial charge in [0.2, 0.25) is 0 Å². The molecular formula is C13H20N2O. The number of aryl methyl sites for hydroxylation is 1. The molecule has 2 rings (SSSR count). The van der Waals surface area contributed by atoms with E-state index in [-0.39, 0.29) is 0 Å². The summed E-state index contributed by atoms with van der Waals surface area (Å²) in [6.07, 6.45) is 2.67. The van der Waals surface area contributed by atoms with E-state index < -0.39 is 0 Å². The number of nitrogens with two attached hydrogens (primary N) is 1. The second-order valence-corrected chi connectivity index (χ2v) is 4.46. The lowest BCUT2D eigenvalue weighted by Crippen LogP contribution is -2.40. The average Bonchev–Trinajstić information content (AvgIpc) is 2.18. The molecule has 1 aliphatic rings. The first-order valence-corrected chi connectivity index (χ1v) is 5.93. The predicted octanol–water partition coefficient (Wildman–Crippen LogP) is 2.56. The SMILES string of the molecule is CCOC1CC(Nc2ccc(N)cc2C)C1. The maximum atomic E-state index is 5.72. The van der Waals surface area contributed by atoms with Crippen LogP contribution in [0.3, 0.4) is 0 Å². The van der Waals surface area contributed by atoms with Crippen LogP contribution in [0, 0.1) is 6.92 Å². The predicted molar refractivity (Wildman–Crippen MR) is 67.7 cm³/mol. The van der Waals surface area contributed by atoms with E-state index in [1.165, 1.54) is 11.3 Å². The zero-order chi connectivity index (χ0) is 11.5. The summed E-state index contributed by atoms with van der Waals surface area (Å²) < 4.78 is 5.54. The van der Waals surface area contributed by atoms with Gasteiger partial charge in [0.05, 0.1) is 6.10 Å². The second-order valence-electron chi connectivity index (χ2n) is 4.46. The number of benzene rings is 1. The maximum Gasteiger partial charge on any atom is 0.0614 e. The van der Waals surface area contributed by atoms with Crippen LogP contribution >= 0.6 is 0 Å². The zero-order valence-corrected chi connectivity index (χ0v) is 9.99. The summed E-state index contributed by atoms with van der Waals surface area (Å²) in [6, 6.07) is 6.55. The molecule has 0 aliphatic heterocycles. The molecule has 0 saturated heterocycles. The number of anilines is 2. The van der Waals surface area contributed by atoms with Crippen LogP contribution in [0.2, 0.25) is 0 Å². The Morgan fingerprint density at radius 1 is 1.44 bits per heavy atom. The quantitative estimate of drug-likeness (QED) is 0.767. The Bertz CT molecular complexity index is 359. The van der Waals surface area contributed by atoms with Gasteiger partial charge in [0, 0.05) is 24.0 Å². The number of nitrogens with one attached hydrogen (secondary N) is 1. The van der Waals surface area contributed by atoms with Gasteiger partial charge in [-0.15, -0.1) is 0 Å². The average molecular weight is 220 g/mol. The lowest BCUT2D eigenvalue weighted by molar-refractivity contribution is 0.00298. The third-order valence-corrected chi connectivity index (χ3v) is 3.11. The fraction of sp³-hybridized carbons (Fsp3) is 0.538. The van der Waals surface area contributed by atoms with E-state index in [1.807, 2.05) is 19.1 Å². The fourth-order valence-electron chi connectivity index (χ4n) is 2.12. The molecule has 0 aromatic heterocycles. The van der Waals surface area contributed by atoms with Gasteiger partial charge in [-0.1, -0.05) is 0 Å². The van der Waals surface area contributed by atoms with Gasteiger partial charge < -0.3 is 15.8 Å². The van der Waals surface area contributed by atoms with Gasteiger partial charge in [-0.05, 0) is 50.5 Å². The molecule has 88 valence electrons. The van der Waals surface area contributed by atoms with Crippen LogP contribution in [0.4, 0.5) is 11.4 Å². The number of hydrogen-bond donors (Lipinski definition) is 2. The van der Waals surface area contributed by atoms with Gasteiger partial charge in [0.15, 0.2) is 0 Å². The van der Waals surface area contributed by atoms with Crippen molar-refractivity contribution in [2.75, 3.05) is 17.7 Å². The zero-order valence-electron chi connectivity index (χ0n) is 9.99. The number of hydrogen-bond acceptors (Lipinski definition) is 3. The van der Waals surface area contributed by atoms with E-state index in [2.05, 4.69) is 18.3 Å². The van der Waals surface area contributed by atoms with Crippen molar-refractivity contribution in [3.63, 3.8) is 0 Å². The summed E-state index contributed by atoms with van der Waals surface area (Å²) in [6.45, 7) is 4.94. The molecule has 0 heterocycles. The van der Waals surface area contributed by atoms with Gasteiger partial charge in [0.1, 0.15) is 0 Å². The van der Waals surface area contributed by atoms with Gasteiger partial charge in [0.25, 0.3) is 0 Å². The highest BCUT2D eigenvalue weighted by Crippen LogP contribution is 2.28. The molecule has 0 unspecified atom stereocenters. The largest absolute Gasteiger partial charge is 0.399 e. The Labute approximate surface area is 97.0 Å². The normalized spacial score (nSPS) is 23.9. The Kier molecular flexibility index (Phi) is 3.34. The maximum absolute atomic E-state index is 5.72. The van der Waals surface area contributed by atoms with E-state index >= 15 is 0 Å². The number of ether oxygens (including phenoxy) is 1. The van der Waals surface area contributed by atoms with Crippen LogP contribution in [0.25, 0.3) is 0 Å². The first-order chi connectivity index (χ1) is 7.69. The standard InChI is InChI=1S/C13H20N2O/c1-3-16-12-7-11(8-12)15-13-5-4-10(14)6-9(13)2/h4-6,11-12,15H,3,7-8,14H2,1-2H3. The van der Waals surface area contributed by atoms with Gasteiger partial charge >= 0.3 is 0 Å². The molecular weight excluding hydrogens is 200 g/mol. The molecule has 1 aromatic rings. The Hall–Kier alpha value is -1.22. The van der Waals surface area contributed by atoms with E-state index in [0.717, 1.165) is 25.1 Å². The Morgan fingerprint density at radius 2 is 2.19 bits per heavy atom. The molecule has 3 heteroatoms. The van der Waals surface area contributed by atoms with Gasteiger partial charge in [-0.3, -0.25) is 0 Å². The number of nitrogen functional groups attached to an aromatic ring is 1. The summed E-state index contributed by atoms with van der Waals surface area (Å²) in [5.74, 6) is 0. The molecule has 0 bridgehead atoms. The smallest absolute Gasteiger partial charge is 0.0614 e. The highest BCUT2D eigenvalue weighted by Gasteiger charge is 2.29. The molecule has 0 radical (unpaired) electrons. The summed E-state index contributed by atoms with van der Waals surface area (Å²) in [5.41, 5.74) is 8.94. The monoisotopic (exact) mass is 220 g/mol. The van der Waals surface area contributed by atoms with Crippen LogP contribution in [-0.4, -0.2) is 18.8 Å². The summed E-state index contributed by atoms with van der Waals surface area (Å²) in [4.78, 5) is 0. The summed E-state index contributed by atoms with van der Waals surface area (Å²) >= 11 is 0. The number of rotatable bonds is 4. The minimum absolute atomic E-state index is 0.455. The van der Waals surface area contributed by atoms with Crippen molar-refractivity contribution in [1.29, 1.82) is 0 Å². The molecule has 1 aromatic carbocycles. The van der Waals surface area contributed by atoms with Crippen LogP contribution in [0.1, 0.15) is 25.3 Å². The van der Waals surface area contributed by atoms with Crippen molar-refractivity contribution in [1.82, 2.24) is 0 Å². The highest BCUT2D eigenvalue weighted by molar-refractivity contribution is 5.58. The minimum Gasteiger partial charge on any atom is -0.399 e. The van der Waals surface area contributed by atoms with Gasteiger partial charge in [-0.2, -0.15) is 0 Å². The van der Waals surface area contributed by atoms with E-state index in [1.54, 1.807) is 0 Å². The van der Waals surface area contributed by atoms with Crippen LogP contribution in [-0.2, 0) is 4.74 Å². The van der Waals surface area contributed by atoms with Crippen LogP contribution in [0.5, 0.6) is 0 Å². The molecule has 0 atom stereocenters. The molecule has 1 saturated carbocycles. The molecule has 3 nitrogen and oxygen atoms in total. The van der Waals surface area contributed by atoms with E-state index in [0.29, 0.717) is 12.1 Å². The summed E-state index contributed by atoms with van der Waals surface area (Å²) in [7, 11) is 0. The van der Waals surface area contributed by atoms with Crippen molar-refractivity contribution < 1.29 is 4.74 Å². The second kappa shape index (κ2) is 4.74. The molecule has 3 N–H and O–H groups in total. The van der Waals surface area contributed by atoms with Gasteiger partial charge in [-0.25, -0.2) is 0 Å². The van der Waals surface area contributed by atoms with Crippen molar-refractivity contribution >= 4 is 11.4 Å². The van der Waals surface area contributed by atoms with Crippen LogP contribution in [0.15, 0.2) is 18.2 Å².